The molecule has 0 saturated carbocycles. The van der Waals surface area contributed by atoms with Gasteiger partial charge in [-0.2, -0.15) is 13.2 Å². The van der Waals surface area contributed by atoms with Crippen molar-refractivity contribution in [3.8, 4) is 0 Å². The van der Waals surface area contributed by atoms with Crippen molar-refractivity contribution in [3.63, 3.8) is 0 Å². The Balaban J connectivity index is 1.58. The standard InChI is InChI=1S/C23H21F3N4O3/c1-13(31)29-11-18(14-5-3-2-4-6-14)19(12-29)30-10-16-8-7-15(9-17(16)21(30)32)20(27)28-22(33)23(24,25)26/h2-9,18-19H,10-12H2,1H3,(H2,27,28,33). The van der Waals surface area contributed by atoms with Crippen LogP contribution in [0.3, 0.4) is 0 Å². The van der Waals surface area contributed by atoms with E-state index >= 15 is 0 Å². The zero-order chi connectivity index (χ0) is 23.9. The molecule has 2 aromatic rings. The molecule has 2 unspecified atom stereocenters. The number of amidine groups is 1. The van der Waals surface area contributed by atoms with Crippen LogP contribution in [-0.2, 0) is 16.1 Å². The van der Waals surface area contributed by atoms with E-state index in [2.05, 4.69) is 0 Å². The summed E-state index contributed by atoms with van der Waals surface area (Å²) >= 11 is 0. The van der Waals surface area contributed by atoms with Crippen LogP contribution < -0.4 is 5.32 Å². The molecule has 172 valence electrons. The summed E-state index contributed by atoms with van der Waals surface area (Å²) in [6.45, 7) is 2.62. The summed E-state index contributed by atoms with van der Waals surface area (Å²) in [6, 6.07) is 13.6. The minimum Gasteiger partial charge on any atom is -0.340 e. The molecule has 2 atom stereocenters. The van der Waals surface area contributed by atoms with E-state index in [1.165, 1.54) is 24.4 Å². The lowest BCUT2D eigenvalue weighted by atomic mass is 9.93. The van der Waals surface area contributed by atoms with Gasteiger partial charge in [0.15, 0.2) is 0 Å². The summed E-state index contributed by atoms with van der Waals surface area (Å²) in [5.41, 5.74) is 1.95. The normalized spacial score (nSPS) is 20.1. The van der Waals surface area contributed by atoms with Gasteiger partial charge in [-0.1, -0.05) is 42.5 Å². The molecule has 0 spiro atoms. The fraction of sp³-hybridized carbons (Fsp3) is 0.304. The number of hydrogen-bond acceptors (Lipinski definition) is 4. The van der Waals surface area contributed by atoms with Crippen molar-refractivity contribution < 1.29 is 27.6 Å². The average molecular weight is 458 g/mol. The highest BCUT2D eigenvalue weighted by atomic mass is 19.4. The zero-order valence-corrected chi connectivity index (χ0v) is 17.6. The van der Waals surface area contributed by atoms with Crippen molar-refractivity contribution in [2.75, 3.05) is 13.1 Å². The van der Waals surface area contributed by atoms with Crippen LogP contribution in [0, 0.1) is 5.41 Å². The molecule has 33 heavy (non-hydrogen) atoms. The molecular formula is C23H21F3N4O3. The van der Waals surface area contributed by atoms with Crippen molar-refractivity contribution in [1.29, 1.82) is 5.41 Å². The van der Waals surface area contributed by atoms with Crippen LogP contribution in [0.5, 0.6) is 0 Å². The summed E-state index contributed by atoms with van der Waals surface area (Å²) in [5, 5.41) is 9.31. The fourth-order valence-corrected chi connectivity index (χ4v) is 4.39. The third kappa shape index (κ3) is 4.33. The quantitative estimate of drug-likeness (QED) is 0.547. The van der Waals surface area contributed by atoms with Crippen molar-refractivity contribution >= 4 is 23.6 Å². The number of nitrogens with zero attached hydrogens (tertiary/aromatic N) is 2. The third-order valence-electron chi connectivity index (χ3n) is 6.09. The Labute approximate surface area is 187 Å². The summed E-state index contributed by atoms with van der Waals surface area (Å²) in [5.74, 6) is -3.48. The van der Waals surface area contributed by atoms with E-state index in [-0.39, 0.29) is 41.4 Å². The third-order valence-corrected chi connectivity index (χ3v) is 6.09. The van der Waals surface area contributed by atoms with E-state index in [0.717, 1.165) is 5.56 Å². The zero-order valence-electron chi connectivity index (χ0n) is 17.6. The van der Waals surface area contributed by atoms with Crippen molar-refractivity contribution in [2.24, 2.45) is 0 Å². The van der Waals surface area contributed by atoms with Gasteiger partial charge in [0.2, 0.25) is 5.91 Å². The number of alkyl halides is 3. The lowest BCUT2D eigenvalue weighted by molar-refractivity contribution is -0.171. The van der Waals surface area contributed by atoms with E-state index < -0.39 is 17.9 Å². The maximum atomic E-state index is 13.3. The highest BCUT2D eigenvalue weighted by Crippen LogP contribution is 2.36. The van der Waals surface area contributed by atoms with Gasteiger partial charge >= 0.3 is 12.1 Å². The first-order valence-corrected chi connectivity index (χ1v) is 10.3. The number of carbonyl (C=O) groups excluding carboxylic acids is 3. The van der Waals surface area contributed by atoms with Gasteiger partial charge in [0.1, 0.15) is 5.84 Å². The van der Waals surface area contributed by atoms with Gasteiger partial charge in [-0.05, 0) is 17.2 Å². The Morgan fingerprint density at radius 1 is 1.09 bits per heavy atom. The number of nitrogens with one attached hydrogen (secondary N) is 2. The van der Waals surface area contributed by atoms with E-state index in [1.807, 2.05) is 30.3 Å². The number of halogens is 3. The molecule has 7 nitrogen and oxygen atoms in total. The lowest BCUT2D eigenvalue weighted by Gasteiger charge is -2.28. The Hall–Kier alpha value is -3.69. The van der Waals surface area contributed by atoms with Gasteiger partial charge < -0.3 is 15.1 Å². The Morgan fingerprint density at radius 3 is 2.42 bits per heavy atom. The Morgan fingerprint density at radius 2 is 1.79 bits per heavy atom. The molecule has 4 rings (SSSR count). The number of amides is 3. The predicted molar refractivity (Wildman–Crippen MR) is 113 cm³/mol. The number of fused-ring (bicyclic) bond motifs is 1. The molecule has 10 heteroatoms. The maximum Gasteiger partial charge on any atom is 0.471 e. The lowest BCUT2D eigenvalue weighted by Crippen LogP contribution is -2.41. The van der Waals surface area contributed by atoms with E-state index in [9.17, 15) is 27.6 Å². The van der Waals surface area contributed by atoms with Gasteiger partial charge in [-0.3, -0.25) is 19.8 Å². The SMILES string of the molecule is CC(=O)N1CC(c2ccccc2)C(N2Cc3ccc(C(=N)NC(=O)C(F)(F)F)cc3C2=O)C1. The molecule has 0 aliphatic carbocycles. The molecular weight excluding hydrogens is 437 g/mol. The van der Waals surface area contributed by atoms with Crippen LogP contribution >= 0.6 is 0 Å². The van der Waals surface area contributed by atoms with Crippen LogP contribution in [0.25, 0.3) is 0 Å². The van der Waals surface area contributed by atoms with Crippen molar-refractivity contribution in [1.82, 2.24) is 15.1 Å². The second-order valence-electron chi connectivity index (χ2n) is 8.14. The minimum atomic E-state index is -5.12. The first-order chi connectivity index (χ1) is 15.6. The van der Waals surface area contributed by atoms with Gasteiger partial charge in [0, 0.05) is 43.6 Å². The largest absolute Gasteiger partial charge is 0.471 e. The second-order valence-corrected chi connectivity index (χ2v) is 8.14. The van der Waals surface area contributed by atoms with E-state index in [1.54, 1.807) is 15.9 Å². The fourth-order valence-electron chi connectivity index (χ4n) is 4.39. The summed E-state index contributed by atoms with van der Waals surface area (Å²) in [4.78, 5) is 39.8. The topological polar surface area (TPSA) is 93.6 Å². The number of benzene rings is 2. The monoisotopic (exact) mass is 458 g/mol. The Kier molecular flexibility index (Phi) is 5.69. The summed E-state index contributed by atoms with van der Waals surface area (Å²) < 4.78 is 37.5. The average Bonchev–Trinajstić information content (AvgIpc) is 3.35. The van der Waals surface area contributed by atoms with Crippen LogP contribution in [0.2, 0.25) is 0 Å². The van der Waals surface area contributed by atoms with Crippen LogP contribution in [0.15, 0.2) is 48.5 Å². The highest BCUT2D eigenvalue weighted by molar-refractivity contribution is 6.09. The van der Waals surface area contributed by atoms with E-state index in [4.69, 9.17) is 5.41 Å². The van der Waals surface area contributed by atoms with Crippen LogP contribution in [-0.4, -0.2) is 58.7 Å². The molecule has 0 bridgehead atoms. The highest BCUT2D eigenvalue weighted by Gasteiger charge is 2.43. The van der Waals surface area contributed by atoms with Gasteiger partial charge in [-0.15, -0.1) is 0 Å². The molecule has 1 fully saturated rings. The smallest absolute Gasteiger partial charge is 0.340 e. The van der Waals surface area contributed by atoms with Crippen molar-refractivity contribution in [2.45, 2.75) is 31.6 Å². The molecule has 2 heterocycles. The van der Waals surface area contributed by atoms with Crippen LogP contribution in [0.1, 0.15) is 39.9 Å². The Bertz CT molecular complexity index is 1130. The molecule has 2 N–H and O–H groups in total. The number of hydrogen-bond donors (Lipinski definition) is 2. The predicted octanol–water partition coefficient (Wildman–Crippen LogP) is 2.66. The summed E-state index contributed by atoms with van der Waals surface area (Å²) in [7, 11) is 0. The first-order valence-electron chi connectivity index (χ1n) is 10.3. The molecule has 0 aromatic heterocycles. The molecule has 0 radical (unpaired) electrons. The molecule has 1 saturated heterocycles. The van der Waals surface area contributed by atoms with Crippen molar-refractivity contribution in [3.05, 3.63) is 70.8 Å². The minimum absolute atomic E-state index is 0.00190. The van der Waals surface area contributed by atoms with Gasteiger partial charge in [-0.25, -0.2) is 0 Å². The van der Waals surface area contributed by atoms with Crippen LogP contribution in [0.4, 0.5) is 13.2 Å². The van der Waals surface area contributed by atoms with E-state index in [0.29, 0.717) is 18.7 Å². The van der Waals surface area contributed by atoms with Gasteiger partial charge in [0.05, 0.1) is 6.04 Å². The first kappa shape index (κ1) is 22.5. The second kappa shape index (κ2) is 8.34. The number of likely N-dealkylation sites (tertiary alicyclic amines) is 1. The summed E-state index contributed by atoms with van der Waals surface area (Å²) in [6.07, 6.45) is -5.12. The molecule has 2 aliphatic rings. The number of carbonyl (C=O) groups is 3. The molecule has 2 aliphatic heterocycles. The molecule has 3 amide bonds. The number of rotatable bonds is 3. The van der Waals surface area contributed by atoms with Gasteiger partial charge in [0.25, 0.3) is 5.91 Å². The molecule has 2 aromatic carbocycles. The maximum absolute atomic E-state index is 13.3.